The van der Waals surface area contributed by atoms with Gasteiger partial charge in [-0.1, -0.05) is 30.3 Å². The summed E-state index contributed by atoms with van der Waals surface area (Å²) in [5.41, 5.74) is 0.716. The number of hydrogen-bond acceptors (Lipinski definition) is 5. The largest absolute Gasteiger partial charge is 0.286 e. The van der Waals surface area contributed by atoms with Gasteiger partial charge in [0.15, 0.2) is 0 Å². The SMILES string of the molecule is O=C1NC(=O)C(C2CCCN2S(=O)(=O)Cc2ccccc2)S1. The van der Waals surface area contributed by atoms with E-state index in [1.54, 1.807) is 24.3 Å². The molecule has 22 heavy (non-hydrogen) atoms. The number of sulfonamides is 1. The monoisotopic (exact) mass is 340 g/mol. The molecule has 2 atom stereocenters. The second kappa shape index (κ2) is 6.02. The van der Waals surface area contributed by atoms with Crippen LogP contribution in [0.2, 0.25) is 0 Å². The van der Waals surface area contributed by atoms with Crippen molar-refractivity contribution in [3.05, 3.63) is 35.9 Å². The first kappa shape index (κ1) is 15.5. The van der Waals surface area contributed by atoms with Crippen molar-refractivity contribution in [3.8, 4) is 0 Å². The summed E-state index contributed by atoms with van der Waals surface area (Å²) in [6.07, 6.45) is 1.31. The summed E-state index contributed by atoms with van der Waals surface area (Å²) in [4.78, 5) is 23.2. The molecule has 2 heterocycles. The molecule has 2 unspecified atom stereocenters. The third-order valence-electron chi connectivity index (χ3n) is 3.86. The van der Waals surface area contributed by atoms with Gasteiger partial charge in [-0.3, -0.25) is 14.9 Å². The van der Waals surface area contributed by atoms with Crippen LogP contribution in [-0.4, -0.2) is 41.7 Å². The fourth-order valence-corrected chi connectivity index (χ4v) is 5.80. The predicted octanol–water partition coefficient (Wildman–Crippen LogP) is 1.33. The van der Waals surface area contributed by atoms with Gasteiger partial charge in [0.1, 0.15) is 5.25 Å². The minimum Gasteiger partial charge on any atom is -0.286 e. The van der Waals surface area contributed by atoms with E-state index in [-0.39, 0.29) is 11.7 Å². The Labute approximate surface area is 133 Å². The molecule has 3 rings (SSSR count). The van der Waals surface area contributed by atoms with E-state index in [2.05, 4.69) is 5.32 Å². The molecule has 2 fully saturated rings. The Balaban J connectivity index is 1.80. The van der Waals surface area contributed by atoms with Crippen LogP contribution in [0, 0.1) is 0 Å². The fraction of sp³-hybridized carbons (Fsp3) is 0.429. The molecule has 0 spiro atoms. The lowest BCUT2D eigenvalue weighted by Crippen LogP contribution is -2.45. The number of imide groups is 1. The van der Waals surface area contributed by atoms with E-state index < -0.39 is 26.6 Å². The smallest absolute Gasteiger partial charge is 0.286 e. The molecule has 0 bridgehead atoms. The van der Waals surface area contributed by atoms with Crippen LogP contribution in [0.15, 0.2) is 30.3 Å². The second-order valence-electron chi connectivity index (χ2n) is 5.38. The molecular weight excluding hydrogens is 324 g/mol. The lowest BCUT2D eigenvalue weighted by atomic mass is 10.1. The van der Waals surface area contributed by atoms with Crippen LogP contribution in [0.5, 0.6) is 0 Å². The summed E-state index contributed by atoms with van der Waals surface area (Å²) in [5, 5.41) is 1.19. The van der Waals surface area contributed by atoms with Gasteiger partial charge >= 0.3 is 0 Å². The van der Waals surface area contributed by atoms with Gasteiger partial charge < -0.3 is 0 Å². The molecule has 1 N–H and O–H groups in total. The van der Waals surface area contributed by atoms with Crippen molar-refractivity contribution in [2.75, 3.05) is 6.54 Å². The molecule has 1 aromatic rings. The van der Waals surface area contributed by atoms with Gasteiger partial charge in [-0.2, -0.15) is 4.31 Å². The Hall–Kier alpha value is -1.38. The molecule has 0 saturated carbocycles. The Morgan fingerprint density at radius 2 is 1.95 bits per heavy atom. The molecule has 0 aromatic heterocycles. The summed E-state index contributed by atoms with van der Waals surface area (Å²) in [6, 6.07) is 8.52. The van der Waals surface area contributed by atoms with Gasteiger partial charge in [-0.15, -0.1) is 0 Å². The maximum absolute atomic E-state index is 12.7. The van der Waals surface area contributed by atoms with E-state index in [0.29, 0.717) is 24.9 Å². The highest BCUT2D eigenvalue weighted by Crippen LogP contribution is 2.33. The summed E-state index contributed by atoms with van der Waals surface area (Å²) in [6.45, 7) is 0.401. The third-order valence-corrected chi connectivity index (χ3v) is 6.83. The summed E-state index contributed by atoms with van der Waals surface area (Å²) < 4.78 is 26.7. The zero-order valence-electron chi connectivity index (χ0n) is 11.8. The zero-order valence-corrected chi connectivity index (χ0v) is 13.4. The Morgan fingerprint density at radius 3 is 2.59 bits per heavy atom. The van der Waals surface area contributed by atoms with Gasteiger partial charge in [0.25, 0.3) is 5.24 Å². The molecule has 118 valence electrons. The normalized spacial score (nSPS) is 26.4. The van der Waals surface area contributed by atoms with Crippen LogP contribution in [0.3, 0.4) is 0 Å². The number of amides is 2. The molecule has 6 nitrogen and oxygen atoms in total. The van der Waals surface area contributed by atoms with Crippen molar-refractivity contribution < 1.29 is 18.0 Å². The lowest BCUT2D eigenvalue weighted by molar-refractivity contribution is -0.119. The number of nitrogens with zero attached hydrogens (tertiary/aromatic N) is 1. The number of carbonyl (C=O) groups excluding carboxylic acids is 2. The van der Waals surface area contributed by atoms with E-state index in [9.17, 15) is 18.0 Å². The fourth-order valence-electron chi connectivity index (χ4n) is 2.90. The molecule has 2 amide bonds. The average molecular weight is 340 g/mol. The van der Waals surface area contributed by atoms with Crippen LogP contribution < -0.4 is 5.32 Å². The number of nitrogens with one attached hydrogen (secondary N) is 1. The molecule has 0 aliphatic carbocycles. The Bertz CT molecular complexity index is 690. The Kier molecular flexibility index (Phi) is 4.24. The van der Waals surface area contributed by atoms with Crippen molar-refractivity contribution in [1.82, 2.24) is 9.62 Å². The molecular formula is C14H16N2O4S2. The van der Waals surface area contributed by atoms with Crippen molar-refractivity contribution in [1.29, 1.82) is 0 Å². The topological polar surface area (TPSA) is 83.6 Å². The third kappa shape index (κ3) is 3.04. The molecule has 0 radical (unpaired) electrons. The van der Waals surface area contributed by atoms with Gasteiger partial charge in [-0.05, 0) is 30.2 Å². The van der Waals surface area contributed by atoms with Gasteiger partial charge in [0, 0.05) is 12.6 Å². The van der Waals surface area contributed by atoms with Crippen molar-refractivity contribution in [2.24, 2.45) is 0 Å². The first-order chi connectivity index (χ1) is 10.5. The first-order valence-corrected chi connectivity index (χ1v) is 9.51. The van der Waals surface area contributed by atoms with Crippen molar-refractivity contribution in [3.63, 3.8) is 0 Å². The standard InChI is InChI=1S/C14H16N2O4S2/c17-13-12(21-14(18)15-13)11-7-4-8-16(11)22(19,20)9-10-5-2-1-3-6-10/h1-3,5-6,11-12H,4,7-9H2,(H,15,17,18). The number of hydrogen-bond donors (Lipinski definition) is 1. The highest BCUT2D eigenvalue weighted by molar-refractivity contribution is 8.15. The maximum Gasteiger partial charge on any atom is 0.286 e. The number of rotatable bonds is 4. The van der Waals surface area contributed by atoms with Crippen LogP contribution in [0.1, 0.15) is 18.4 Å². The summed E-state index contributed by atoms with van der Waals surface area (Å²) in [7, 11) is -3.51. The average Bonchev–Trinajstić information content (AvgIpc) is 3.06. The highest BCUT2D eigenvalue weighted by Gasteiger charge is 2.46. The number of thioether (sulfide) groups is 1. The molecule has 2 saturated heterocycles. The molecule has 1 aromatic carbocycles. The Morgan fingerprint density at radius 1 is 1.23 bits per heavy atom. The van der Waals surface area contributed by atoms with Gasteiger partial charge in [-0.25, -0.2) is 8.42 Å². The minimum atomic E-state index is -3.51. The van der Waals surface area contributed by atoms with Gasteiger partial charge in [0.05, 0.1) is 5.75 Å². The molecule has 8 heteroatoms. The lowest BCUT2D eigenvalue weighted by Gasteiger charge is -2.26. The first-order valence-electron chi connectivity index (χ1n) is 7.02. The van der Waals surface area contributed by atoms with Crippen LogP contribution in [0.25, 0.3) is 0 Å². The molecule has 2 aliphatic heterocycles. The van der Waals surface area contributed by atoms with Crippen LogP contribution in [0.4, 0.5) is 4.79 Å². The van der Waals surface area contributed by atoms with Crippen molar-refractivity contribution in [2.45, 2.75) is 29.9 Å². The maximum atomic E-state index is 12.7. The highest BCUT2D eigenvalue weighted by atomic mass is 32.2. The zero-order chi connectivity index (χ0) is 15.7. The second-order valence-corrected chi connectivity index (χ2v) is 8.41. The summed E-state index contributed by atoms with van der Waals surface area (Å²) in [5.74, 6) is -0.473. The van der Waals surface area contributed by atoms with E-state index >= 15 is 0 Å². The minimum absolute atomic E-state index is 0.0860. The summed E-state index contributed by atoms with van der Waals surface area (Å²) >= 11 is 0.891. The van der Waals surface area contributed by atoms with Crippen LogP contribution in [-0.2, 0) is 20.6 Å². The van der Waals surface area contributed by atoms with E-state index in [1.165, 1.54) is 4.31 Å². The van der Waals surface area contributed by atoms with Crippen LogP contribution >= 0.6 is 11.8 Å². The number of carbonyl (C=O) groups is 2. The number of benzene rings is 1. The predicted molar refractivity (Wildman–Crippen MR) is 83.7 cm³/mol. The van der Waals surface area contributed by atoms with Crippen molar-refractivity contribution >= 4 is 32.9 Å². The van der Waals surface area contributed by atoms with E-state index in [1.807, 2.05) is 6.07 Å². The quantitative estimate of drug-likeness (QED) is 0.894. The van der Waals surface area contributed by atoms with Gasteiger partial charge in [0.2, 0.25) is 15.9 Å². The molecule has 2 aliphatic rings. The van der Waals surface area contributed by atoms with E-state index in [4.69, 9.17) is 0 Å². The van der Waals surface area contributed by atoms with E-state index in [0.717, 1.165) is 11.8 Å².